The van der Waals surface area contributed by atoms with Crippen molar-refractivity contribution in [1.82, 2.24) is 0 Å². The van der Waals surface area contributed by atoms with Crippen LogP contribution in [0.5, 0.6) is 0 Å². The predicted molar refractivity (Wildman–Crippen MR) is 155 cm³/mol. The van der Waals surface area contributed by atoms with Crippen molar-refractivity contribution in [2.45, 2.75) is 133 Å². The number of aliphatic hydroxyl groups excluding tert-OH is 1. The van der Waals surface area contributed by atoms with Gasteiger partial charge in [-0.1, -0.05) is 102 Å². The van der Waals surface area contributed by atoms with E-state index in [4.69, 9.17) is 4.99 Å². The number of hydrogen-bond donors (Lipinski definition) is 1. The minimum absolute atomic E-state index is 0.0355. The standard InChI is InChI=1S/C33H53NO2/c1-28(2,3)19-31(10,11)20-32(12,13)21-16-22(29(4,5)6)25(23(17-21)30(7,8)9)26-33(14,15)27(36)24(18-35)34-26/h16-18,35H,19-20H2,1-15H3/b24-18+. The van der Waals surface area contributed by atoms with Gasteiger partial charge in [0.2, 0.25) is 0 Å². The molecule has 36 heavy (non-hydrogen) atoms. The summed E-state index contributed by atoms with van der Waals surface area (Å²) in [5, 5.41) is 9.74. The maximum absolute atomic E-state index is 13.1. The van der Waals surface area contributed by atoms with Crippen molar-refractivity contribution in [3.05, 3.63) is 46.3 Å². The highest BCUT2D eigenvalue weighted by molar-refractivity contribution is 6.27. The van der Waals surface area contributed by atoms with E-state index in [9.17, 15) is 9.90 Å². The molecule has 0 atom stereocenters. The van der Waals surface area contributed by atoms with Crippen molar-refractivity contribution < 1.29 is 9.90 Å². The molecule has 0 spiro atoms. The number of carbonyl (C=O) groups is 1. The van der Waals surface area contributed by atoms with Crippen molar-refractivity contribution in [1.29, 1.82) is 0 Å². The average Bonchev–Trinajstić information content (AvgIpc) is 2.85. The van der Waals surface area contributed by atoms with Crippen LogP contribution in [0.3, 0.4) is 0 Å². The van der Waals surface area contributed by atoms with Crippen LogP contribution in [0.4, 0.5) is 0 Å². The number of rotatable bonds is 5. The van der Waals surface area contributed by atoms with Gasteiger partial charge in [0.1, 0.15) is 12.0 Å². The molecule has 0 unspecified atom stereocenters. The van der Waals surface area contributed by atoms with Crippen LogP contribution in [0.15, 0.2) is 29.1 Å². The molecule has 3 nitrogen and oxygen atoms in total. The molecule has 202 valence electrons. The van der Waals surface area contributed by atoms with Crippen molar-refractivity contribution in [2.24, 2.45) is 21.2 Å². The van der Waals surface area contributed by atoms with Gasteiger partial charge in [0.05, 0.1) is 11.1 Å². The van der Waals surface area contributed by atoms with E-state index < -0.39 is 5.41 Å². The van der Waals surface area contributed by atoms with Crippen LogP contribution in [-0.4, -0.2) is 16.6 Å². The molecule has 0 aliphatic carbocycles. The Morgan fingerprint density at radius 1 is 0.806 bits per heavy atom. The van der Waals surface area contributed by atoms with Gasteiger partial charge in [-0.2, -0.15) is 0 Å². The molecule has 3 heteroatoms. The van der Waals surface area contributed by atoms with Crippen LogP contribution in [-0.2, 0) is 21.0 Å². The summed E-state index contributed by atoms with van der Waals surface area (Å²) in [7, 11) is 0. The molecule has 2 rings (SSSR count). The van der Waals surface area contributed by atoms with Crippen LogP contribution in [0.2, 0.25) is 0 Å². The molecule has 0 aromatic heterocycles. The van der Waals surface area contributed by atoms with Gasteiger partial charge in [-0.05, 0) is 70.5 Å². The number of ketones is 1. The van der Waals surface area contributed by atoms with Gasteiger partial charge >= 0.3 is 0 Å². The second kappa shape index (κ2) is 9.14. The van der Waals surface area contributed by atoms with E-state index >= 15 is 0 Å². The Hall–Kier alpha value is -1.90. The summed E-state index contributed by atoms with van der Waals surface area (Å²) in [4.78, 5) is 17.8. The molecule has 0 bridgehead atoms. The van der Waals surface area contributed by atoms with Gasteiger partial charge in [-0.25, -0.2) is 4.99 Å². The third-order valence-electron chi connectivity index (χ3n) is 7.45. The van der Waals surface area contributed by atoms with Crippen LogP contribution in [0.25, 0.3) is 0 Å². The molecule has 1 heterocycles. The van der Waals surface area contributed by atoms with Crippen molar-refractivity contribution >= 4 is 11.5 Å². The molecule has 0 amide bonds. The fraction of sp³-hybridized carbons (Fsp3) is 0.697. The Kier molecular flexibility index (Phi) is 7.70. The Bertz CT molecular complexity index is 1040. The summed E-state index contributed by atoms with van der Waals surface area (Å²) in [5.41, 5.74) is 5.04. The van der Waals surface area contributed by atoms with Gasteiger partial charge in [0.15, 0.2) is 5.78 Å². The first-order chi connectivity index (χ1) is 15.8. The van der Waals surface area contributed by atoms with Crippen molar-refractivity contribution in [2.75, 3.05) is 0 Å². The monoisotopic (exact) mass is 495 g/mol. The number of aliphatic hydroxyl groups is 1. The number of aliphatic imine (C=N–C) groups is 1. The molecular weight excluding hydrogens is 442 g/mol. The van der Waals surface area contributed by atoms with Gasteiger partial charge in [0, 0.05) is 5.56 Å². The molecular formula is C33H53NO2. The molecule has 0 saturated heterocycles. The van der Waals surface area contributed by atoms with E-state index in [1.165, 1.54) is 16.7 Å². The minimum atomic E-state index is -0.805. The van der Waals surface area contributed by atoms with E-state index in [-0.39, 0.29) is 38.6 Å². The largest absolute Gasteiger partial charge is 0.513 e. The lowest BCUT2D eigenvalue weighted by Crippen LogP contribution is -2.35. The summed E-state index contributed by atoms with van der Waals surface area (Å²) < 4.78 is 0. The highest BCUT2D eigenvalue weighted by atomic mass is 16.2. The topological polar surface area (TPSA) is 49.7 Å². The lowest BCUT2D eigenvalue weighted by Gasteiger charge is -2.41. The van der Waals surface area contributed by atoms with Crippen molar-refractivity contribution in [3.63, 3.8) is 0 Å². The van der Waals surface area contributed by atoms with E-state index in [0.29, 0.717) is 0 Å². The molecule has 1 aromatic carbocycles. The maximum atomic E-state index is 13.1. The van der Waals surface area contributed by atoms with Crippen molar-refractivity contribution in [3.8, 4) is 0 Å². The van der Waals surface area contributed by atoms with Gasteiger partial charge in [-0.3, -0.25) is 4.79 Å². The summed E-state index contributed by atoms with van der Waals surface area (Å²) >= 11 is 0. The summed E-state index contributed by atoms with van der Waals surface area (Å²) in [5.74, 6) is -0.131. The number of benzene rings is 1. The lowest BCUT2D eigenvalue weighted by atomic mass is 9.64. The predicted octanol–water partition coefficient (Wildman–Crippen LogP) is 9.21. The van der Waals surface area contributed by atoms with Gasteiger partial charge in [-0.15, -0.1) is 0 Å². The van der Waals surface area contributed by atoms with Crippen LogP contribution >= 0.6 is 0 Å². The van der Waals surface area contributed by atoms with E-state index in [1.807, 2.05) is 13.8 Å². The zero-order chi connectivity index (χ0) is 28.3. The molecule has 0 saturated carbocycles. The molecule has 0 radical (unpaired) electrons. The highest BCUT2D eigenvalue weighted by Crippen LogP contribution is 2.47. The Morgan fingerprint density at radius 3 is 1.58 bits per heavy atom. The molecule has 1 aromatic rings. The summed E-state index contributed by atoms with van der Waals surface area (Å²) in [6.45, 7) is 33.8. The van der Waals surface area contributed by atoms with Crippen LogP contribution < -0.4 is 0 Å². The zero-order valence-electron chi connectivity index (χ0n) is 25.9. The van der Waals surface area contributed by atoms with Crippen LogP contribution in [0.1, 0.15) is 139 Å². The Labute approximate surface area is 221 Å². The second-order valence-corrected chi connectivity index (χ2v) is 16.3. The van der Waals surface area contributed by atoms with Crippen LogP contribution in [0, 0.1) is 16.2 Å². The third-order valence-corrected chi connectivity index (χ3v) is 7.45. The SMILES string of the molecule is CC(C)(C)CC(C)(C)CC(C)(C)c1cc(C(C)(C)C)c(C2=N/C(=C/O)C(=O)C2(C)C)c(C(C)(C)C)c1. The average molecular weight is 496 g/mol. The number of allylic oxidation sites excluding steroid dienone is 1. The minimum Gasteiger partial charge on any atom is -0.513 e. The molecule has 1 aliphatic rings. The third kappa shape index (κ3) is 6.32. The highest BCUT2D eigenvalue weighted by Gasteiger charge is 2.46. The molecule has 1 aliphatic heterocycles. The first-order valence-corrected chi connectivity index (χ1v) is 13.5. The quantitative estimate of drug-likeness (QED) is 0.327. The molecule has 0 fully saturated rings. The normalized spacial score (nSPS) is 18.7. The van der Waals surface area contributed by atoms with E-state index in [1.54, 1.807) is 0 Å². The number of hydrogen-bond acceptors (Lipinski definition) is 3. The zero-order valence-corrected chi connectivity index (χ0v) is 25.9. The first-order valence-electron chi connectivity index (χ1n) is 13.5. The number of Topliss-reactive ketones (excluding diaryl/α,β-unsaturated/α-hetero) is 1. The van der Waals surface area contributed by atoms with E-state index in [0.717, 1.165) is 30.4 Å². The summed E-state index contributed by atoms with van der Waals surface area (Å²) in [6.07, 6.45) is 3.09. The number of carbonyl (C=O) groups excluding carboxylic acids is 1. The number of nitrogens with zero attached hydrogens (tertiary/aromatic N) is 1. The Morgan fingerprint density at radius 2 is 1.25 bits per heavy atom. The maximum Gasteiger partial charge on any atom is 0.195 e. The molecule has 1 N–H and O–H groups in total. The second-order valence-electron chi connectivity index (χ2n) is 16.3. The first kappa shape index (κ1) is 30.3. The van der Waals surface area contributed by atoms with Gasteiger partial charge < -0.3 is 5.11 Å². The Balaban J connectivity index is 2.89. The summed E-state index contributed by atoms with van der Waals surface area (Å²) in [6, 6.07) is 4.75. The van der Waals surface area contributed by atoms with Gasteiger partial charge in [0.25, 0.3) is 0 Å². The fourth-order valence-electron chi connectivity index (χ4n) is 6.46. The smallest absolute Gasteiger partial charge is 0.195 e. The lowest BCUT2D eigenvalue weighted by molar-refractivity contribution is -0.119. The van der Waals surface area contributed by atoms with E-state index in [2.05, 4.69) is 102 Å². The fourth-order valence-corrected chi connectivity index (χ4v) is 6.46.